The van der Waals surface area contributed by atoms with Gasteiger partial charge in [-0.15, -0.1) is 12.3 Å². The molecule has 1 aromatic rings. The molecule has 1 heterocycles. The Morgan fingerprint density at radius 3 is 3.07 bits per heavy atom. The molecule has 0 unspecified atom stereocenters. The number of terminal acetylenes is 1. The minimum Gasteiger partial charge on any atom is -0.489 e. The predicted molar refractivity (Wildman–Crippen MR) is 52.4 cm³/mol. The van der Waals surface area contributed by atoms with Crippen LogP contribution in [0.2, 0.25) is 0 Å². The van der Waals surface area contributed by atoms with E-state index in [1.165, 1.54) is 6.20 Å². The van der Waals surface area contributed by atoms with Crippen LogP contribution < -0.4 is 4.74 Å². The molecule has 0 saturated carbocycles. The van der Waals surface area contributed by atoms with Gasteiger partial charge in [-0.2, -0.15) is 4.39 Å². The zero-order valence-electron chi connectivity index (χ0n) is 7.87. The summed E-state index contributed by atoms with van der Waals surface area (Å²) in [5, 5.41) is 0. The van der Waals surface area contributed by atoms with Gasteiger partial charge in [-0.1, -0.05) is 0 Å². The molecule has 3 heteroatoms. The number of aromatic nitrogens is 1. The Kier molecular flexibility index (Phi) is 4.49. The number of halogens is 1. The second kappa shape index (κ2) is 5.98. The lowest BCUT2D eigenvalue weighted by Crippen LogP contribution is -1.99. The molecule has 0 aromatic carbocycles. The standard InChI is InChI=1S/C11H12FNO/c1-2-3-4-5-9-14-10-7-6-8-13-11(10)12/h1,6-8H,3-5,9H2. The fourth-order valence-electron chi connectivity index (χ4n) is 0.990. The van der Waals surface area contributed by atoms with Gasteiger partial charge in [0.05, 0.1) is 6.61 Å². The van der Waals surface area contributed by atoms with Gasteiger partial charge >= 0.3 is 0 Å². The van der Waals surface area contributed by atoms with Crippen LogP contribution >= 0.6 is 0 Å². The molecule has 0 spiro atoms. The second-order valence-corrected chi connectivity index (χ2v) is 2.80. The first-order valence-corrected chi connectivity index (χ1v) is 4.51. The van der Waals surface area contributed by atoms with Crippen molar-refractivity contribution in [2.45, 2.75) is 19.3 Å². The summed E-state index contributed by atoms with van der Waals surface area (Å²) in [4.78, 5) is 3.47. The van der Waals surface area contributed by atoms with Crippen molar-refractivity contribution in [2.24, 2.45) is 0 Å². The Bertz CT molecular complexity index is 319. The average Bonchev–Trinajstić information content (AvgIpc) is 2.20. The largest absolute Gasteiger partial charge is 0.489 e. The van der Waals surface area contributed by atoms with Crippen molar-refractivity contribution in [3.63, 3.8) is 0 Å². The van der Waals surface area contributed by atoms with Gasteiger partial charge in [0, 0.05) is 12.6 Å². The van der Waals surface area contributed by atoms with E-state index in [-0.39, 0.29) is 5.75 Å². The Hall–Kier alpha value is -1.56. The Morgan fingerprint density at radius 2 is 2.36 bits per heavy atom. The monoisotopic (exact) mass is 193 g/mol. The first kappa shape index (κ1) is 10.5. The molecule has 0 aliphatic rings. The van der Waals surface area contributed by atoms with Crippen molar-refractivity contribution in [1.29, 1.82) is 0 Å². The molecule has 14 heavy (non-hydrogen) atoms. The van der Waals surface area contributed by atoms with E-state index in [4.69, 9.17) is 11.2 Å². The van der Waals surface area contributed by atoms with E-state index >= 15 is 0 Å². The molecule has 0 aliphatic heterocycles. The maximum Gasteiger partial charge on any atom is 0.255 e. The van der Waals surface area contributed by atoms with Crippen molar-refractivity contribution in [3.05, 3.63) is 24.3 Å². The van der Waals surface area contributed by atoms with Gasteiger partial charge in [0.25, 0.3) is 5.95 Å². The lowest BCUT2D eigenvalue weighted by molar-refractivity contribution is 0.288. The number of hydrogen-bond acceptors (Lipinski definition) is 2. The summed E-state index contributed by atoms with van der Waals surface area (Å²) < 4.78 is 18.1. The van der Waals surface area contributed by atoms with E-state index in [2.05, 4.69) is 10.9 Å². The fourth-order valence-corrected chi connectivity index (χ4v) is 0.990. The van der Waals surface area contributed by atoms with E-state index in [0.29, 0.717) is 6.61 Å². The SMILES string of the molecule is C#CCCCCOc1cccnc1F. The molecule has 0 amide bonds. The Morgan fingerprint density at radius 1 is 1.50 bits per heavy atom. The third kappa shape index (κ3) is 3.44. The maximum absolute atomic E-state index is 12.9. The minimum atomic E-state index is -0.565. The van der Waals surface area contributed by atoms with Gasteiger partial charge in [0.15, 0.2) is 5.75 Å². The molecule has 2 nitrogen and oxygen atoms in total. The number of pyridine rings is 1. The molecular weight excluding hydrogens is 181 g/mol. The van der Waals surface area contributed by atoms with E-state index in [1.807, 2.05) is 0 Å². The molecule has 0 aliphatic carbocycles. The van der Waals surface area contributed by atoms with Crippen molar-refractivity contribution in [3.8, 4) is 18.1 Å². The topological polar surface area (TPSA) is 22.1 Å². The highest BCUT2D eigenvalue weighted by Crippen LogP contribution is 2.13. The first-order chi connectivity index (χ1) is 6.84. The highest BCUT2D eigenvalue weighted by Gasteiger charge is 2.01. The van der Waals surface area contributed by atoms with Gasteiger partial charge in [0.2, 0.25) is 0 Å². The summed E-state index contributed by atoms with van der Waals surface area (Å²) in [7, 11) is 0. The Labute approximate surface area is 83.1 Å². The smallest absolute Gasteiger partial charge is 0.255 e. The van der Waals surface area contributed by atoms with Crippen molar-refractivity contribution < 1.29 is 9.13 Å². The van der Waals surface area contributed by atoms with E-state index in [9.17, 15) is 4.39 Å². The van der Waals surface area contributed by atoms with Crippen LogP contribution in [0.15, 0.2) is 18.3 Å². The number of hydrogen-bond donors (Lipinski definition) is 0. The van der Waals surface area contributed by atoms with Crippen molar-refractivity contribution >= 4 is 0 Å². The van der Waals surface area contributed by atoms with Gasteiger partial charge in [0.1, 0.15) is 0 Å². The Balaban J connectivity index is 2.25. The zero-order valence-corrected chi connectivity index (χ0v) is 7.87. The second-order valence-electron chi connectivity index (χ2n) is 2.80. The van der Waals surface area contributed by atoms with Crippen LogP contribution in [0, 0.1) is 18.3 Å². The van der Waals surface area contributed by atoms with Gasteiger partial charge < -0.3 is 4.74 Å². The molecule has 1 aromatic heterocycles. The highest BCUT2D eigenvalue weighted by molar-refractivity contribution is 5.17. The summed E-state index contributed by atoms with van der Waals surface area (Å²) in [6.45, 7) is 0.476. The number of rotatable bonds is 5. The third-order valence-corrected chi connectivity index (χ3v) is 1.70. The quantitative estimate of drug-likeness (QED) is 0.407. The molecule has 0 N–H and O–H groups in total. The van der Waals surface area contributed by atoms with Crippen LogP contribution in [0.5, 0.6) is 5.75 Å². The van der Waals surface area contributed by atoms with Crippen LogP contribution in [-0.4, -0.2) is 11.6 Å². The number of nitrogens with zero attached hydrogens (tertiary/aromatic N) is 1. The molecular formula is C11H12FNO. The molecule has 0 radical (unpaired) electrons. The van der Waals surface area contributed by atoms with Crippen LogP contribution in [0.3, 0.4) is 0 Å². The van der Waals surface area contributed by atoms with Gasteiger partial charge in [-0.25, -0.2) is 4.98 Å². The molecule has 1 rings (SSSR count). The number of ether oxygens (including phenoxy) is 1. The van der Waals surface area contributed by atoms with Crippen LogP contribution in [0.1, 0.15) is 19.3 Å². The zero-order chi connectivity index (χ0) is 10.2. The first-order valence-electron chi connectivity index (χ1n) is 4.51. The third-order valence-electron chi connectivity index (χ3n) is 1.70. The normalized spacial score (nSPS) is 9.43. The fraction of sp³-hybridized carbons (Fsp3) is 0.364. The summed E-state index contributed by atoms with van der Waals surface area (Å²) in [5.74, 6) is 2.17. The summed E-state index contributed by atoms with van der Waals surface area (Å²) in [5.41, 5.74) is 0. The van der Waals surface area contributed by atoms with Crippen LogP contribution in [-0.2, 0) is 0 Å². The van der Waals surface area contributed by atoms with E-state index in [1.54, 1.807) is 12.1 Å². The van der Waals surface area contributed by atoms with E-state index < -0.39 is 5.95 Å². The molecule has 0 fully saturated rings. The molecule has 74 valence electrons. The highest BCUT2D eigenvalue weighted by atomic mass is 19.1. The van der Waals surface area contributed by atoms with Crippen LogP contribution in [0.25, 0.3) is 0 Å². The van der Waals surface area contributed by atoms with Gasteiger partial charge in [-0.05, 0) is 25.0 Å². The van der Waals surface area contributed by atoms with Gasteiger partial charge in [-0.3, -0.25) is 0 Å². The molecule has 0 bridgehead atoms. The predicted octanol–water partition coefficient (Wildman–Crippen LogP) is 2.40. The summed E-state index contributed by atoms with van der Waals surface area (Å²) >= 11 is 0. The lowest BCUT2D eigenvalue weighted by atomic mass is 10.2. The van der Waals surface area contributed by atoms with Crippen molar-refractivity contribution in [1.82, 2.24) is 4.98 Å². The summed E-state index contributed by atoms with van der Waals surface area (Å²) in [6.07, 6.45) is 8.94. The number of unbranched alkanes of at least 4 members (excludes halogenated alkanes) is 2. The minimum absolute atomic E-state index is 0.202. The van der Waals surface area contributed by atoms with E-state index in [0.717, 1.165) is 19.3 Å². The average molecular weight is 193 g/mol. The maximum atomic E-state index is 12.9. The van der Waals surface area contributed by atoms with Crippen LogP contribution in [0.4, 0.5) is 4.39 Å². The molecule has 0 saturated heterocycles. The molecule has 0 atom stereocenters. The van der Waals surface area contributed by atoms with Crippen molar-refractivity contribution in [2.75, 3.05) is 6.61 Å². The lowest BCUT2D eigenvalue weighted by Gasteiger charge is -2.04. The summed E-state index contributed by atoms with van der Waals surface area (Å²) in [6, 6.07) is 3.20.